The molecule has 1 aromatic heterocycles. The summed E-state index contributed by atoms with van der Waals surface area (Å²) in [4.78, 5) is 0. The van der Waals surface area contributed by atoms with E-state index in [9.17, 15) is 4.39 Å². The second kappa shape index (κ2) is 4.17. The van der Waals surface area contributed by atoms with Crippen LogP contribution >= 0.6 is 0 Å². The monoisotopic (exact) mass is 280 g/mol. The lowest BCUT2D eigenvalue weighted by Crippen LogP contribution is -2.22. The Hall–Kier alpha value is -2.16. The molecular formula is C18H17FN2. The number of hydrogen-bond acceptors (Lipinski definition) is 1. The molecule has 0 unspecified atom stereocenters. The Morgan fingerprint density at radius 3 is 2.76 bits per heavy atom. The molecule has 1 atom stereocenters. The van der Waals surface area contributed by atoms with Gasteiger partial charge in [0.05, 0.1) is 17.6 Å². The van der Waals surface area contributed by atoms with Crippen LogP contribution in [0.3, 0.4) is 0 Å². The molecule has 0 radical (unpaired) electrons. The molecular weight excluding hydrogens is 263 g/mol. The van der Waals surface area contributed by atoms with Crippen molar-refractivity contribution in [1.29, 1.82) is 0 Å². The van der Waals surface area contributed by atoms with E-state index in [1.165, 1.54) is 28.8 Å². The van der Waals surface area contributed by atoms with Crippen LogP contribution in [0.5, 0.6) is 0 Å². The highest BCUT2D eigenvalue weighted by molar-refractivity contribution is 5.64. The third kappa shape index (κ3) is 1.73. The summed E-state index contributed by atoms with van der Waals surface area (Å²) < 4.78 is 15.0. The Morgan fingerprint density at radius 1 is 1.24 bits per heavy atom. The van der Waals surface area contributed by atoms with Gasteiger partial charge in [-0.15, -0.1) is 0 Å². The van der Waals surface area contributed by atoms with Crippen LogP contribution in [0.25, 0.3) is 11.8 Å². The summed E-state index contributed by atoms with van der Waals surface area (Å²) in [6.07, 6.45) is 7.32. The van der Waals surface area contributed by atoms with Crippen molar-refractivity contribution in [2.24, 2.45) is 5.41 Å². The van der Waals surface area contributed by atoms with E-state index in [-0.39, 0.29) is 11.2 Å². The molecule has 2 nitrogen and oxygen atoms in total. The van der Waals surface area contributed by atoms with Gasteiger partial charge in [-0.05, 0) is 55.2 Å². The number of aromatic nitrogens is 2. The number of benzene rings is 1. The Labute approximate surface area is 123 Å². The molecule has 2 aromatic rings. The number of rotatable bonds is 1. The molecule has 0 bridgehead atoms. The largest absolute Gasteiger partial charge is 0.233 e. The van der Waals surface area contributed by atoms with Crippen LogP contribution in [-0.2, 0) is 6.42 Å². The van der Waals surface area contributed by atoms with Crippen molar-refractivity contribution in [3.63, 3.8) is 0 Å². The summed E-state index contributed by atoms with van der Waals surface area (Å²) in [5.74, 6) is -0.224. The van der Waals surface area contributed by atoms with Gasteiger partial charge in [-0.1, -0.05) is 24.6 Å². The van der Waals surface area contributed by atoms with Gasteiger partial charge >= 0.3 is 0 Å². The summed E-state index contributed by atoms with van der Waals surface area (Å²) in [5, 5.41) is 4.50. The molecule has 1 saturated carbocycles. The summed E-state index contributed by atoms with van der Waals surface area (Å²) in [6, 6.07) is 6.48. The molecule has 0 spiro atoms. The molecule has 21 heavy (non-hydrogen) atoms. The number of halogens is 1. The molecule has 2 aliphatic rings. The van der Waals surface area contributed by atoms with Crippen molar-refractivity contribution in [3.05, 3.63) is 65.3 Å². The molecule has 0 amide bonds. The van der Waals surface area contributed by atoms with Gasteiger partial charge in [-0.3, -0.25) is 0 Å². The highest BCUT2D eigenvalue weighted by Gasteiger charge is 2.40. The normalized spacial score (nSPS) is 23.7. The smallest absolute Gasteiger partial charge is 0.123 e. The van der Waals surface area contributed by atoms with E-state index in [0.717, 1.165) is 30.6 Å². The standard InChI is InChI=1S/C18H17FN2/c1-12-3-4-14-9-17-13(10-18(12,14)2)11-20-21(17)16-7-5-15(19)6-8-16/h5-9,11H,1,3-4,10H2,2H3/t18-/m1/s1. The predicted octanol–water partition coefficient (Wildman–Crippen LogP) is 4.31. The third-order valence-corrected chi connectivity index (χ3v) is 5.00. The summed E-state index contributed by atoms with van der Waals surface area (Å²) in [7, 11) is 0. The molecule has 1 heterocycles. The predicted molar refractivity (Wildman–Crippen MR) is 81.7 cm³/mol. The van der Waals surface area contributed by atoms with Crippen molar-refractivity contribution < 1.29 is 4.39 Å². The minimum absolute atomic E-state index is 0.101. The quantitative estimate of drug-likeness (QED) is 0.712. The van der Waals surface area contributed by atoms with Crippen LogP contribution in [0, 0.1) is 11.2 Å². The van der Waals surface area contributed by atoms with E-state index in [4.69, 9.17) is 0 Å². The van der Waals surface area contributed by atoms with Crippen LogP contribution in [0.1, 0.15) is 31.0 Å². The fourth-order valence-electron chi connectivity index (χ4n) is 3.55. The van der Waals surface area contributed by atoms with Crippen molar-refractivity contribution in [1.82, 2.24) is 9.78 Å². The Morgan fingerprint density at radius 2 is 2.00 bits per heavy atom. The molecule has 3 heteroatoms. The second-order valence-electron chi connectivity index (χ2n) is 6.23. The maximum absolute atomic E-state index is 13.1. The average molecular weight is 280 g/mol. The van der Waals surface area contributed by atoms with Crippen LogP contribution < -0.4 is 0 Å². The zero-order chi connectivity index (χ0) is 14.6. The molecule has 1 fully saturated rings. The topological polar surface area (TPSA) is 17.8 Å². The average Bonchev–Trinajstić information content (AvgIpc) is 2.99. The lowest BCUT2D eigenvalue weighted by Gasteiger charge is -2.31. The second-order valence-corrected chi connectivity index (χ2v) is 6.23. The van der Waals surface area contributed by atoms with Crippen LogP contribution in [0.2, 0.25) is 0 Å². The maximum atomic E-state index is 13.1. The minimum Gasteiger partial charge on any atom is -0.233 e. The molecule has 0 saturated heterocycles. The molecule has 0 aliphatic heterocycles. The zero-order valence-corrected chi connectivity index (χ0v) is 12.1. The van der Waals surface area contributed by atoms with Crippen LogP contribution in [-0.4, -0.2) is 9.78 Å². The molecule has 1 aromatic carbocycles. The molecule has 4 rings (SSSR count). The van der Waals surface area contributed by atoms with E-state index in [0.29, 0.717) is 0 Å². The molecule has 0 N–H and O–H groups in total. The fraction of sp³-hybridized carbons (Fsp3) is 0.278. The van der Waals surface area contributed by atoms with E-state index in [2.05, 4.69) is 24.7 Å². The first-order valence-corrected chi connectivity index (χ1v) is 7.30. The van der Waals surface area contributed by atoms with Crippen LogP contribution in [0.15, 0.2) is 48.2 Å². The number of fused-ring (bicyclic) bond motifs is 2. The van der Waals surface area contributed by atoms with Gasteiger partial charge in [0.1, 0.15) is 5.82 Å². The maximum Gasteiger partial charge on any atom is 0.123 e. The fourth-order valence-corrected chi connectivity index (χ4v) is 3.55. The number of hydrogen-bond donors (Lipinski definition) is 0. The van der Waals surface area contributed by atoms with Gasteiger partial charge in [0, 0.05) is 5.41 Å². The Balaban J connectivity index is 1.84. The SMILES string of the molecule is C=C1CCC2=Cc3c(cnn3-c3ccc(F)cc3)C[C@]12C. The van der Waals surface area contributed by atoms with Crippen molar-refractivity contribution in [3.8, 4) is 5.69 Å². The van der Waals surface area contributed by atoms with E-state index >= 15 is 0 Å². The van der Waals surface area contributed by atoms with E-state index in [1.807, 2.05) is 10.9 Å². The van der Waals surface area contributed by atoms with Gasteiger partial charge in [0.15, 0.2) is 0 Å². The highest BCUT2D eigenvalue weighted by atomic mass is 19.1. The van der Waals surface area contributed by atoms with Gasteiger partial charge in [0.2, 0.25) is 0 Å². The summed E-state index contributed by atoms with van der Waals surface area (Å²) in [5.41, 5.74) is 6.15. The van der Waals surface area contributed by atoms with Crippen molar-refractivity contribution >= 4 is 6.08 Å². The zero-order valence-electron chi connectivity index (χ0n) is 12.1. The van der Waals surface area contributed by atoms with Gasteiger partial charge in [-0.25, -0.2) is 9.07 Å². The van der Waals surface area contributed by atoms with E-state index in [1.54, 1.807) is 12.1 Å². The van der Waals surface area contributed by atoms with Crippen molar-refractivity contribution in [2.75, 3.05) is 0 Å². The Kier molecular flexibility index (Phi) is 2.49. The highest BCUT2D eigenvalue weighted by Crippen LogP contribution is 2.51. The van der Waals surface area contributed by atoms with E-state index < -0.39 is 0 Å². The van der Waals surface area contributed by atoms with Gasteiger partial charge in [-0.2, -0.15) is 5.10 Å². The lowest BCUT2D eigenvalue weighted by atomic mass is 9.73. The van der Waals surface area contributed by atoms with Crippen LogP contribution in [0.4, 0.5) is 4.39 Å². The Bertz CT molecular complexity index is 767. The lowest BCUT2D eigenvalue weighted by molar-refractivity contribution is 0.499. The summed E-state index contributed by atoms with van der Waals surface area (Å²) in [6.45, 7) is 6.53. The van der Waals surface area contributed by atoms with Gasteiger partial charge in [0.25, 0.3) is 0 Å². The number of allylic oxidation sites excluding steroid dienone is 2. The first-order valence-electron chi connectivity index (χ1n) is 7.30. The van der Waals surface area contributed by atoms with Crippen molar-refractivity contribution in [2.45, 2.75) is 26.2 Å². The summed E-state index contributed by atoms with van der Waals surface area (Å²) >= 11 is 0. The minimum atomic E-state index is -0.224. The molecule has 2 aliphatic carbocycles. The first-order chi connectivity index (χ1) is 10.1. The first kappa shape index (κ1) is 12.6. The molecule has 106 valence electrons. The van der Waals surface area contributed by atoms with Gasteiger partial charge < -0.3 is 0 Å². The third-order valence-electron chi connectivity index (χ3n) is 5.00. The number of nitrogens with zero attached hydrogens (tertiary/aromatic N) is 2.